The van der Waals surface area contributed by atoms with Gasteiger partial charge in [0.2, 0.25) is 0 Å². The van der Waals surface area contributed by atoms with E-state index in [1.807, 2.05) is 24.0 Å². The maximum atomic E-state index is 12.6. The molecule has 128 valence electrons. The highest BCUT2D eigenvalue weighted by atomic mass is 32.1. The van der Waals surface area contributed by atoms with E-state index in [-0.39, 0.29) is 5.91 Å². The van der Waals surface area contributed by atoms with E-state index in [1.54, 1.807) is 7.11 Å². The van der Waals surface area contributed by atoms with Crippen molar-refractivity contribution >= 4 is 17.4 Å². The smallest absolute Gasteiger partial charge is 0.267 e. The van der Waals surface area contributed by atoms with Gasteiger partial charge in [0.25, 0.3) is 5.91 Å². The van der Waals surface area contributed by atoms with E-state index in [0.29, 0.717) is 10.8 Å². The van der Waals surface area contributed by atoms with Crippen LogP contribution in [0.2, 0.25) is 0 Å². The maximum Gasteiger partial charge on any atom is 0.267 e. The first kappa shape index (κ1) is 16.9. The number of piperidine rings is 1. The normalized spacial score (nSPS) is 17.8. The van der Waals surface area contributed by atoms with Crippen molar-refractivity contribution < 1.29 is 9.53 Å². The zero-order valence-corrected chi connectivity index (χ0v) is 15.0. The molecule has 3 rings (SSSR count). The first-order chi connectivity index (χ1) is 11.7. The van der Waals surface area contributed by atoms with Crippen LogP contribution in [-0.2, 0) is 6.42 Å². The Labute approximate surface area is 146 Å². The number of nitrogens with zero attached hydrogens (tertiary/aromatic N) is 3. The third kappa shape index (κ3) is 3.93. The van der Waals surface area contributed by atoms with Gasteiger partial charge in [0.1, 0.15) is 10.6 Å². The van der Waals surface area contributed by atoms with E-state index in [9.17, 15) is 4.79 Å². The minimum absolute atomic E-state index is 0.0941. The van der Waals surface area contributed by atoms with Gasteiger partial charge in [-0.15, -0.1) is 5.10 Å². The van der Waals surface area contributed by atoms with Crippen LogP contribution in [0.4, 0.5) is 0 Å². The van der Waals surface area contributed by atoms with Crippen LogP contribution in [-0.4, -0.2) is 40.6 Å². The number of carbonyl (C=O) groups excluding carboxylic acids is 1. The molecule has 0 N–H and O–H groups in total. The summed E-state index contributed by atoms with van der Waals surface area (Å²) in [5, 5.41) is 3.95. The minimum atomic E-state index is 0.0941. The third-order valence-corrected chi connectivity index (χ3v) is 5.47. The van der Waals surface area contributed by atoms with Gasteiger partial charge in [0.05, 0.1) is 12.8 Å². The molecule has 1 atom stereocenters. The highest BCUT2D eigenvalue weighted by molar-refractivity contribution is 7.07. The fourth-order valence-electron chi connectivity index (χ4n) is 3.22. The standard InChI is InChI=1S/C18H23N3O2S/c1-13-17(24-20-19-13)18(22)21-11-3-4-15(12-21)6-5-14-7-9-16(23-2)10-8-14/h7-10,15H,3-6,11-12H2,1-2H3/t15-/m0/s1. The van der Waals surface area contributed by atoms with Crippen LogP contribution in [0.1, 0.15) is 40.2 Å². The van der Waals surface area contributed by atoms with Crippen LogP contribution in [0, 0.1) is 12.8 Å². The molecule has 0 spiro atoms. The molecule has 0 radical (unpaired) electrons. The molecule has 2 aromatic rings. The number of likely N-dealkylation sites (tertiary alicyclic amines) is 1. The zero-order chi connectivity index (χ0) is 16.9. The fraction of sp³-hybridized carbons (Fsp3) is 0.500. The molecule has 0 bridgehead atoms. The van der Waals surface area contributed by atoms with Gasteiger partial charge in [-0.05, 0) is 67.8 Å². The van der Waals surface area contributed by atoms with Gasteiger partial charge >= 0.3 is 0 Å². The highest BCUT2D eigenvalue weighted by Crippen LogP contribution is 2.24. The van der Waals surface area contributed by atoms with Crippen LogP contribution in [0.15, 0.2) is 24.3 Å². The lowest BCUT2D eigenvalue weighted by Crippen LogP contribution is -2.40. The third-order valence-electron chi connectivity index (χ3n) is 4.65. The average molecular weight is 345 g/mol. The Bertz CT molecular complexity index is 684. The number of methoxy groups -OCH3 is 1. The first-order valence-corrected chi connectivity index (χ1v) is 9.16. The molecular weight excluding hydrogens is 322 g/mol. The Hall–Kier alpha value is -1.95. The van der Waals surface area contributed by atoms with Crippen molar-refractivity contribution in [3.05, 3.63) is 40.4 Å². The summed E-state index contributed by atoms with van der Waals surface area (Å²) >= 11 is 1.20. The van der Waals surface area contributed by atoms with Crippen LogP contribution in [0.5, 0.6) is 5.75 Å². The molecule has 1 aromatic carbocycles. The molecule has 1 amide bonds. The van der Waals surface area contributed by atoms with E-state index >= 15 is 0 Å². The number of hydrogen-bond donors (Lipinski definition) is 0. The lowest BCUT2D eigenvalue weighted by Gasteiger charge is -2.32. The first-order valence-electron chi connectivity index (χ1n) is 8.38. The van der Waals surface area contributed by atoms with Crippen molar-refractivity contribution in [2.24, 2.45) is 5.92 Å². The molecule has 1 saturated heterocycles. The predicted octanol–water partition coefficient (Wildman–Crippen LogP) is 3.34. The second-order valence-corrected chi connectivity index (χ2v) is 7.09. The Morgan fingerprint density at radius 2 is 2.17 bits per heavy atom. The lowest BCUT2D eigenvalue weighted by atomic mass is 9.91. The van der Waals surface area contributed by atoms with Gasteiger partial charge < -0.3 is 9.64 Å². The summed E-state index contributed by atoms with van der Waals surface area (Å²) in [5.74, 6) is 1.55. The lowest BCUT2D eigenvalue weighted by molar-refractivity contribution is 0.0672. The van der Waals surface area contributed by atoms with Gasteiger partial charge in [-0.1, -0.05) is 16.6 Å². The monoisotopic (exact) mass is 345 g/mol. The molecule has 1 fully saturated rings. The molecule has 0 saturated carbocycles. The second kappa shape index (κ2) is 7.75. The number of aromatic nitrogens is 2. The van der Waals surface area contributed by atoms with E-state index < -0.39 is 0 Å². The van der Waals surface area contributed by atoms with E-state index in [0.717, 1.165) is 43.8 Å². The maximum absolute atomic E-state index is 12.6. The van der Waals surface area contributed by atoms with E-state index in [4.69, 9.17) is 4.74 Å². The van der Waals surface area contributed by atoms with Gasteiger partial charge in [-0.2, -0.15) is 0 Å². The molecule has 1 aromatic heterocycles. The molecule has 2 heterocycles. The summed E-state index contributed by atoms with van der Waals surface area (Å²) in [5.41, 5.74) is 2.06. The van der Waals surface area contributed by atoms with E-state index in [1.165, 1.54) is 23.5 Å². The van der Waals surface area contributed by atoms with Crippen LogP contribution in [0.25, 0.3) is 0 Å². The zero-order valence-electron chi connectivity index (χ0n) is 14.2. The topological polar surface area (TPSA) is 55.3 Å². The number of benzene rings is 1. The fourth-order valence-corrected chi connectivity index (χ4v) is 3.84. The summed E-state index contributed by atoms with van der Waals surface area (Å²) < 4.78 is 9.08. The van der Waals surface area contributed by atoms with Crippen LogP contribution < -0.4 is 4.74 Å². The van der Waals surface area contributed by atoms with Gasteiger partial charge in [-0.25, -0.2) is 0 Å². The molecule has 6 heteroatoms. The molecule has 5 nitrogen and oxygen atoms in total. The van der Waals surface area contributed by atoms with Crippen molar-refractivity contribution in [2.45, 2.75) is 32.6 Å². The quantitative estimate of drug-likeness (QED) is 0.834. The summed E-state index contributed by atoms with van der Waals surface area (Å²) in [6.07, 6.45) is 4.41. The van der Waals surface area contributed by atoms with Crippen molar-refractivity contribution in [3.63, 3.8) is 0 Å². The molecule has 24 heavy (non-hydrogen) atoms. The summed E-state index contributed by atoms with van der Waals surface area (Å²) in [6.45, 7) is 3.53. The average Bonchev–Trinajstić information content (AvgIpc) is 3.06. The van der Waals surface area contributed by atoms with Crippen LogP contribution >= 0.6 is 11.5 Å². The number of carbonyl (C=O) groups is 1. The second-order valence-electron chi connectivity index (χ2n) is 6.33. The van der Waals surface area contributed by atoms with Gasteiger partial charge in [0, 0.05) is 13.1 Å². The van der Waals surface area contributed by atoms with E-state index in [2.05, 4.69) is 21.7 Å². The Balaban J connectivity index is 1.55. The van der Waals surface area contributed by atoms with Crippen LogP contribution in [0.3, 0.4) is 0 Å². The molecule has 1 aliphatic rings. The number of amides is 1. The van der Waals surface area contributed by atoms with Crippen molar-refractivity contribution in [1.82, 2.24) is 14.5 Å². The molecule has 0 unspecified atom stereocenters. The number of hydrogen-bond acceptors (Lipinski definition) is 5. The minimum Gasteiger partial charge on any atom is -0.497 e. The summed E-state index contributed by atoms with van der Waals surface area (Å²) in [7, 11) is 1.68. The Kier molecular flexibility index (Phi) is 5.45. The number of rotatable bonds is 5. The van der Waals surface area contributed by atoms with Crippen molar-refractivity contribution in [3.8, 4) is 5.75 Å². The van der Waals surface area contributed by atoms with Gasteiger partial charge in [0.15, 0.2) is 0 Å². The largest absolute Gasteiger partial charge is 0.497 e. The Morgan fingerprint density at radius 3 is 2.83 bits per heavy atom. The molecular formula is C18H23N3O2S. The Morgan fingerprint density at radius 1 is 1.38 bits per heavy atom. The highest BCUT2D eigenvalue weighted by Gasteiger charge is 2.26. The van der Waals surface area contributed by atoms with Crippen molar-refractivity contribution in [2.75, 3.05) is 20.2 Å². The molecule has 1 aliphatic heterocycles. The summed E-state index contributed by atoms with van der Waals surface area (Å²) in [6, 6.07) is 8.26. The SMILES string of the molecule is COc1ccc(CC[C@@H]2CCCN(C(=O)c3snnc3C)C2)cc1. The predicted molar refractivity (Wildman–Crippen MR) is 94.6 cm³/mol. The van der Waals surface area contributed by atoms with Gasteiger partial charge in [-0.3, -0.25) is 4.79 Å². The molecule has 0 aliphatic carbocycles. The summed E-state index contributed by atoms with van der Waals surface area (Å²) in [4.78, 5) is 15.3. The number of ether oxygens (including phenoxy) is 1. The number of aryl methyl sites for hydroxylation is 2. The van der Waals surface area contributed by atoms with Crippen molar-refractivity contribution in [1.29, 1.82) is 0 Å².